The van der Waals surface area contributed by atoms with E-state index in [0.29, 0.717) is 0 Å². The van der Waals surface area contributed by atoms with Gasteiger partial charge in [-0.25, -0.2) is 9.55 Å². The first-order valence-corrected chi connectivity index (χ1v) is 8.75. The molecule has 0 bridgehead atoms. The van der Waals surface area contributed by atoms with E-state index in [2.05, 4.69) is 47.5 Å². The molecule has 0 N–H and O–H groups in total. The molecule has 0 saturated heterocycles. The lowest BCUT2D eigenvalue weighted by Crippen LogP contribution is -2.31. The highest BCUT2D eigenvalue weighted by Crippen LogP contribution is 2.42. The van der Waals surface area contributed by atoms with Gasteiger partial charge in [0.05, 0.1) is 13.5 Å². The van der Waals surface area contributed by atoms with Gasteiger partial charge in [0.2, 0.25) is 5.65 Å². The van der Waals surface area contributed by atoms with Crippen molar-refractivity contribution in [2.75, 3.05) is 0 Å². The summed E-state index contributed by atoms with van der Waals surface area (Å²) in [7, 11) is 2.06. The number of nitrogens with zero attached hydrogens (tertiary/aromatic N) is 3. The number of hydrogen-bond acceptors (Lipinski definition) is 1. The molecule has 0 amide bonds. The zero-order chi connectivity index (χ0) is 15.0. The molecule has 106 valence electrons. The Hall–Kier alpha value is -1.89. The summed E-state index contributed by atoms with van der Waals surface area (Å²) in [6.45, 7) is 2.28. The Labute approximate surface area is 137 Å². The van der Waals surface area contributed by atoms with Gasteiger partial charge in [-0.05, 0) is 24.5 Å². The fraction of sp³-hybridized carbons (Fsp3) is 0.222. The molecule has 1 aromatic carbocycles. The Morgan fingerprint density at radius 1 is 1.27 bits per heavy atom. The van der Waals surface area contributed by atoms with Gasteiger partial charge in [0.25, 0.3) is 16.3 Å². The first kappa shape index (κ1) is 12.6. The molecule has 0 unspecified atom stereocenters. The predicted molar refractivity (Wildman–Crippen MR) is 88.8 cm³/mol. The van der Waals surface area contributed by atoms with E-state index in [0.717, 1.165) is 40.3 Å². The van der Waals surface area contributed by atoms with E-state index < -0.39 is 0 Å². The summed E-state index contributed by atoms with van der Waals surface area (Å²) >= 11 is 1.10. The number of pyridine rings is 1. The molecule has 4 heteroatoms. The predicted octanol–water partition coefficient (Wildman–Crippen LogP) is 0.599. The molecule has 2 aliphatic rings. The minimum atomic E-state index is 0.981. The van der Waals surface area contributed by atoms with Crippen LogP contribution >= 0.6 is 0 Å². The molecule has 0 spiro atoms. The molecule has 3 aromatic rings. The lowest BCUT2D eigenvalue weighted by atomic mass is 10.0. The van der Waals surface area contributed by atoms with E-state index >= 15 is 0 Å². The highest BCUT2D eigenvalue weighted by molar-refractivity contribution is 6.33. The average molecular weight is 301 g/mol. The third-order valence-electron chi connectivity index (χ3n) is 5.17. The third kappa shape index (κ3) is 1.42. The molecule has 0 saturated carbocycles. The van der Waals surface area contributed by atoms with Crippen LogP contribution in [0.2, 0.25) is 0 Å². The monoisotopic (exact) mass is 301 g/mol. The highest BCUT2D eigenvalue weighted by Gasteiger charge is 2.36. The van der Waals surface area contributed by atoms with Crippen LogP contribution in [0.3, 0.4) is 0 Å². The van der Waals surface area contributed by atoms with Crippen LogP contribution in [0.25, 0.3) is 16.9 Å². The van der Waals surface area contributed by atoms with Gasteiger partial charge in [-0.3, -0.25) is 0 Å². The molecule has 2 aromatic heterocycles. The third-order valence-corrected chi connectivity index (χ3v) is 6.25. The fourth-order valence-electron chi connectivity index (χ4n) is 4.00. The van der Waals surface area contributed by atoms with E-state index in [1.807, 2.05) is 6.07 Å². The fourth-order valence-corrected chi connectivity index (χ4v) is 4.42. The van der Waals surface area contributed by atoms with Gasteiger partial charge < -0.3 is 4.57 Å². The lowest BCUT2D eigenvalue weighted by molar-refractivity contribution is -0.651. The van der Waals surface area contributed by atoms with Crippen LogP contribution < -0.4 is 8.99 Å². The Bertz CT molecular complexity index is 1010. The quantitative estimate of drug-likeness (QED) is 0.338. The van der Waals surface area contributed by atoms with Crippen molar-refractivity contribution >= 4 is 37.6 Å². The van der Waals surface area contributed by atoms with E-state index in [9.17, 15) is 0 Å². The van der Waals surface area contributed by atoms with Gasteiger partial charge in [-0.15, -0.1) is 16.6 Å². The van der Waals surface area contributed by atoms with Crippen molar-refractivity contribution in [3.8, 4) is 0 Å². The number of allylic oxidation sites excluding steroid dienone is 1. The molecule has 3 heterocycles. The lowest BCUT2D eigenvalue weighted by Gasteiger charge is -2.12. The van der Waals surface area contributed by atoms with Gasteiger partial charge in [-0.1, -0.05) is 17.7 Å². The molecule has 22 heavy (non-hydrogen) atoms. The smallest absolute Gasteiger partial charge is 0.259 e. The van der Waals surface area contributed by atoms with Crippen LogP contribution in [0.5, 0.6) is 0 Å². The maximum absolute atomic E-state index is 4.85. The van der Waals surface area contributed by atoms with Crippen LogP contribution in [0.1, 0.15) is 22.5 Å². The van der Waals surface area contributed by atoms with Crippen LogP contribution in [-0.4, -0.2) is 25.8 Å². The summed E-state index contributed by atoms with van der Waals surface area (Å²) in [5.74, 6) is 1.18. The van der Waals surface area contributed by atoms with Gasteiger partial charge in [0.15, 0.2) is 5.82 Å². The van der Waals surface area contributed by atoms with Crippen molar-refractivity contribution in [3.05, 3.63) is 58.6 Å². The zero-order valence-electron chi connectivity index (χ0n) is 13.1. The molecule has 5 rings (SSSR count). The van der Waals surface area contributed by atoms with Gasteiger partial charge in [0, 0.05) is 17.3 Å². The van der Waals surface area contributed by atoms with Gasteiger partial charge in [-0.2, -0.15) is 0 Å². The molecular formula is C18H16AlN3. The Balaban J connectivity index is 1.88. The van der Waals surface area contributed by atoms with Crippen molar-refractivity contribution in [2.45, 2.75) is 19.8 Å². The number of hydrogen-bond donors (Lipinski definition) is 0. The van der Waals surface area contributed by atoms with E-state index in [1.54, 1.807) is 0 Å². The summed E-state index contributed by atoms with van der Waals surface area (Å²) < 4.78 is 5.95. The Morgan fingerprint density at radius 3 is 3.00 bits per heavy atom. The standard InChI is InChI=1S/C18H14N3.Al.2H/c1-11-5-3-6-12-9-13-10-15-19-14-7-4-8-20(2)18(14)21(15)17(13)16(11)12;;;/h3-4,6-7H,9-10H2,1-2H3;;;. The second-order valence-corrected chi connectivity index (χ2v) is 7.52. The number of benzene rings is 1. The SMILES string of the molecule is Cc1[c]([AlH2])ccc2c1C1=C(C2)Cc2nc3cc[c-][n+](C)c3n21. The van der Waals surface area contributed by atoms with E-state index in [4.69, 9.17) is 4.98 Å². The summed E-state index contributed by atoms with van der Waals surface area (Å²) in [6.07, 6.45) is 5.32. The first-order valence-electron chi connectivity index (χ1n) is 7.75. The number of fused-ring (bicyclic) bond motifs is 6. The number of aryl methyl sites for hydroxylation is 1. The molecule has 1 aliphatic carbocycles. The molecule has 0 atom stereocenters. The van der Waals surface area contributed by atoms with Gasteiger partial charge >= 0.3 is 0 Å². The normalized spacial score (nSPS) is 15.4. The summed E-state index contributed by atoms with van der Waals surface area (Å²) in [5, 5.41) is 0. The minimum Gasteiger partial charge on any atom is -0.342 e. The van der Waals surface area contributed by atoms with Crippen LogP contribution in [-0.2, 0) is 19.9 Å². The highest BCUT2D eigenvalue weighted by atomic mass is 27.0. The minimum absolute atomic E-state index is 0.981. The average Bonchev–Trinajstić information content (AvgIpc) is 3.10. The van der Waals surface area contributed by atoms with E-state index in [1.165, 1.54) is 38.2 Å². The molecule has 0 fully saturated rings. The number of rotatable bonds is 0. The first-order chi connectivity index (χ1) is 10.6. The van der Waals surface area contributed by atoms with Crippen molar-refractivity contribution in [1.82, 2.24) is 9.55 Å². The second kappa shape index (κ2) is 4.10. The second-order valence-electron chi connectivity index (χ2n) is 6.44. The van der Waals surface area contributed by atoms with Crippen LogP contribution in [0.15, 0.2) is 29.8 Å². The van der Waals surface area contributed by atoms with Crippen molar-refractivity contribution in [3.63, 3.8) is 0 Å². The molecule has 3 nitrogen and oxygen atoms in total. The number of aromatic nitrogens is 3. The van der Waals surface area contributed by atoms with E-state index in [-0.39, 0.29) is 0 Å². The summed E-state index contributed by atoms with van der Waals surface area (Å²) in [6, 6.07) is 8.65. The Kier molecular flexibility index (Phi) is 2.35. The molecular weight excluding hydrogens is 285 g/mol. The van der Waals surface area contributed by atoms with Crippen molar-refractivity contribution in [1.29, 1.82) is 0 Å². The van der Waals surface area contributed by atoms with Crippen LogP contribution in [0.4, 0.5) is 0 Å². The van der Waals surface area contributed by atoms with Gasteiger partial charge in [0.1, 0.15) is 5.70 Å². The summed E-state index contributed by atoms with van der Waals surface area (Å²) in [4.78, 5) is 4.85. The largest absolute Gasteiger partial charge is 0.342 e. The Morgan fingerprint density at radius 2 is 2.14 bits per heavy atom. The van der Waals surface area contributed by atoms with Crippen molar-refractivity contribution < 1.29 is 4.57 Å². The molecule has 1 aliphatic heterocycles. The zero-order valence-corrected chi connectivity index (χ0v) is 15.1. The molecule has 0 radical (unpaired) electrons. The maximum Gasteiger partial charge on any atom is 0.259 e. The van der Waals surface area contributed by atoms with Crippen LogP contribution in [0, 0.1) is 13.1 Å². The van der Waals surface area contributed by atoms with Crippen molar-refractivity contribution in [2.24, 2.45) is 7.05 Å². The maximum atomic E-state index is 4.85. The summed E-state index contributed by atoms with van der Waals surface area (Å²) in [5.41, 5.74) is 9.56. The number of imidazole rings is 1. The topological polar surface area (TPSA) is 21.7 Å².